The second kappa shape index (κ2) is 8.59. The van der Waals surface area contributed by atoms with Gasteiger partial charge in [0.25, 0.3) is 0 Å². The molecule has 1 aliphatic rings. The number of hydrogen-bond donors (Lipinski definition) is 1. The number of aromatic nitrogens is 3. The van der Waals surface area contributed by atoms with E-state index in [0.717, 1.165) is 23.6 Å². The molecule has 0 saturated heterocycles. The van der Waals surface area contributed by atoms with Gasteiger partial charge in [0.2, 0.25) is 5.91 Å². The highest BCUT2D eigenvalue weighted by Gasteiger charge is 2.20. The van der Waals surface area contributed by atoms with Crippen LogP contribution in [0.25, 0.3) is 0 Å². The Morgan fingerprint density at radius 2 is 2.09 bits per heavy atom. The zero-order valence-electron chi connectivity index (χ0n) is 14.5. The van der Waals surface area contributed by atoms with E-state index in [4.69, 9.17) is 12.2 Å². The van der Waals surface area contributed by atoms with Gasteiger partial charge < -0.3 is 9.88 Å². The molecule has 0 bridgehead atoms. The van der Waals surface area contributed by atoms with E-state index in [-0.39, 0.29) is 5.91 Å². The highest BCUT2D eigenvalue weighted by Crippen LogP contribution is 2.29. The monoisotopic (exact) mass is 339 g/mol. The van der Waals surface area contributed by atoms with Gasteiger partial charge >= 0.3 is 0 Å². The predicted molar refractivity (Wildman–Crippen MR) is 93.8 cm³/mol. The largest absolute Gasteiger partial charge is 0.355 e. The van der Waals surface area contributed by atoms with E-state index < -0.39 is 0 Å². The van der Waals surface area contributed by atoms with Gasteiger partial charge in [0.1, 0.15) is 5.82 Å². The maximum atomic E-state index is 11.8. The van der Waals surface area contributed by atoms with Crippen molar-refractivity contribution in [2.24, 2.45) is 0 Å². The minimum atomic E-state index is 0.0457. The summed E-state index contributed by atoms with van der Waals surface area (Å²) in [6, 6.07) is 0.489. The SMILES string of the molecule is CCCNC(=O)CN(C)Cn1nc(C)n(C2CCCCC2)c1=S. The molecule has 1 aromatic rings. The molecule has 0 unspecified atom stereocenters. The van der Waals surface area contributed by atoms with Crippen molar-refractivity contribution < 1.29 is 4.79 Å². The molecular weight excluding hydrogens is 310 g/mol. The number of hydrogen-bond acceptors (Lipinski definition) is 4. The molecule has 1 aromatic heterocycles. The van der Waals surface area contributed by atoms with Crippen LogP contribution in [-0.2, 0) is 11.5 Å². The lowest BCUT2D eigenvalue weighted by Gasteiger charge is -2.23. The summed E-state index contributed by atoms with van der Waals surface area (Å²) in [6.07, 6.45) is 7.20. The second-order valence-electron chi connectivity index (χ2n) is 6.50. The molecule has 6 nitrogen and oxygen atoms in total. The first-order valence-electron chi connectivity index (χ1n) is 8.64. The van der Waals surface area contributed by atoms with E-state index in [0.29, 0.717) is 19.3 Å². The van der Waals surface area contributed by atoms with E-state index in [2.05, 4.69) is 15.0 Å². The van der Waals surface area contributed by atoms with Gasteiger partial charge in [-0.3, -0.25) is 9.69 Å². The van der Waals surface area contributed by atoms with E-state index in [1.807, 2.05) is 30.5 Å². The summed E-state index contributed by atoms with van der Waals surface area (Å²) in [7, 11) is 1.92. The molecule has 0 radical (unpaired) electrons. The van der Waals surface area contributed by atoms with Crippen LogP contribution in [0.4, 0.5) is 0 Å². The van der Waals surface area contributed by atoms with Gasteiger partial charge in [0.05, 0.1) is 13.2 Å². The van der Waals surface area contributed by atoms with Crippen molar-refractivity contribution in [1.29, 1.82) is 0 Å². The Morgan fingerprint density at radius 3 is 2.74 bits per heavy atom. The predicted octanol–water partition coefficient (Wildman–Crippen LogP) is 2.64. The molecule has 7 heteroatoms. The summed E-state index contributed by atoms with van der Waals surface area (Å²) in [5.74, 6) is 1.02. The third-order valence-corrected chi connectivity index (χ3v) is 4.75. The molecule has 1 fully saturated rings. The summed E-state index contributed by atoms with van der Waals surface area (Å²) in [6.45, 7) is 5.69. The summed E-state index contributed by atoms with van der Waals surface area (Å²) in [5.41, 5.74) is 0. The zero-order chi connectivity index (χ0) is 16.8. The van der Waals surface area contributed by atoms with Crippen LogP contribution < -0.4 is 5.32 Å². The van der Waals surface area contributed by atoms with Crippen molar-refractivity contribution in [2.45, 2.75) is 65.1 Å². The molecule has 130 valence electrons. The minimum Gasteiger partial charge on any atom is -0.355 e. The fraction of sp³-hybridized carbons (Fsp3) is 0.812. The van der Waals surface area contributed by atoms with E-state index in [1.54, 1.807) is 0 Å². The van der Waals surface area contributed by atoms with Crippen LogP contribution in [0.15, 0.2) is 0 Å². The molecule has 0 aromatic carbocycles. The van der Waals surface area contributed by atoms with Crippen LogP contribution >= 0.6 is 12.2 Å². The summed E-state index contributed by atoms with van der Waals surface area (Å²) in [5, 5.41) is 7.49. The fourth-order valence-electron chi connectivity index (χ4n) is 3.22. The van der Waals surface area contributed by atoms with Crippen LogP contribution in [0.5, 0.6) is 0 Å². The molecule has 1 aliphatic carbocycles. The third-order valence-electron chi connectivity index (χ3n) is 4.34. The van der Waals surface area contributed by atoms with Gasteiger partial charge in [0, 0.05) is 12.6 Å². The highest BCUT2D eigenvalue weighted by atomic mass is 32.1. The van der Waals surface area contributed by atoms with E-state index in [1.165, 1.54) is 32.1 Å². The molecule has 1 amide bonds. The smallest absolute Gasteiger partial charge is 0.234 e. The Labute approximate surface area is 143 Å². The molecule has 2 rings (SSSR count). The quantitative estimate of drug-likeness (QED) is 0.776. The van der Waals surface area contributed by atoms with Gasteiger partial charge in [0.15, 0.2) is 4.77 Å². The van der Waals surface area contributed by atoms with Crippen LogP contribution in [0.3, 0.4) is 0 Å². The first-order valence-corrected chi connectivity index (χ1v) is 9.05. The number of carbonyl (C=O) groups is 1. The summed E-state index contributed by atoms with van der Waals surface area (Å²) < 4.78 is 4.82. The van der Waals surface area contributed by atoms with Crippen molar-refractivity contribution in [1.82, 2.24) is 24.6 Å². The van der Waals surface area contributed by atoms with E-state index in [9.17, 15) is 4.79 Å². The topological polar surface area (TPSA) is 55.1 Å². The lowest BCUT2D eigenvalue weighted by Crippen LogP contribution is -2.36. The summed E-state index contributed by atoms with van der Waals surface area (Å²) in [4.78, 5) is 13.7. The van der Waals surface area contributed by atoms with Gasteiger partial charge in [-0.15, -0.1) is 0 Å². The van der Waals surface area contributed by atoms with Crippen molar-refractivity contribution in [3.05, 3.63) is 10.6 Å². The van der Waals surface area contributed by atoms with Crippen molar-refractivity contribution >= 4 is 18.1 Å². The van der Waals surface area contributed by atoms with Gasteiger partial charge in [-0.2, -0.15) is 5.10 Å². The number of nitrogens with one attached hydrogen (secondary N) is 1. The second-order valence-corrected chi connectivity index (χ2v) is 6.86. The molecule has 0 spiro atoms. The number of amides is 1. The van der Waals surface area contributed by atoms with E-state index >= 15 is 0 Å². The Morgan fingerprint density at radius 1 is 1.39 bits per heavy atom. The first-order chi connectivity index (χ1) is 11.0. The normalized spacial score (nSPS) is 16.0. The highest BCUT2D eigenvalue weighted by molar-refractivity contribution is 7.71. The van der Waals surface area contributed by atoms with Crippen LogP contribution in [0.2, 0.25) is 0 Å². The molecular formula is C16H29N5OS. The van der Waals surface area contributed by atoms with Gasteiger partial charge in [-0.1, -0.05) is 26.2 Å². The number of carbonyl (C=O) groups excluding carboxylic acids is 1. The molecule has 1 heterocycles. The van der Waals surface area contributed by atoms with Crippen LogP contribution in [0.1, 0.15) is 57.3 Å². The standard InChI is InChI=1S/C16H29N5OS/c1-4-10-17-15(22)11-19(3)12-20-16(23)21(13(2)18-20)14-8-6-5-7-9-14/h14H,4-12H2,1-3H3,(H,17,22). The van der Waals surface area contributed by atoms with Crippen molar-refractivity contribution in [3.8, 4) is 0 Å². The lowest BCUT2D eigenvalue weighted by atomic mass is 9.95. The minimum absolute atomic E-state index is 0.0457. The molecule has 1 N–H and O–H groups in total. The Kier molecular flexibility index (Phi) is 6.77. The number of rotatable bonds is 7. The number of likely N-dealkylation sites (N-methyl/N-ethyl adjacent to an activating group) is 1. The molecule has 23 heavy (non-hydrogen) atoms. The molecule has 0 atom stereocenters. The van der Waals surface area contributed by atoms with Crippen molar-refractivity contribution in [3.63, 3.8) is 0 Å². The fourth-order valence-corrected chi connectivity index (χ4v) is 3.60. The maximum absolute atomic E-state index is 11.8. The first kappa shape index (κ1) is 18.1. The third kappa shape index (κ3) is 4.88. The number of aryl methyl sites for hydroxylation is 1. The van der Waals surface area contributed by atoms with Gasteiger partial charge in [-0.05, 0) is 45.5 Å². The average molecular weight is 340 g/mol. The Bertz CT molecular complexity index is 574. The van der Waals surface area contributed by atoms with Crippen LogP contribution in [-0.4, -0.2) is 45.3 Å². The van der Waals surface area contributed by atoms with Crippen LogP contribution in [0, 0.1) is 11.7 Å². The lowest BCUT2D eigenvalue weighted by molar-refractivity contribution is -0.122. The molecule has 1 saturated carbocycles. The zero-order valence-corrected chi connectivity index (χ0v) is 15.4. The molecule has 0 aliphatic heterocycles. The maximum Gasteiger partial charge on any atom is 0.234 e. The average Bonchev–Trinajstić information content (AvgIpc) is 2.80. The number of nitrogens with zero attached hydrogens (tertiary/aromatic N) is 4. The van der Waals surface area contributed by atoms with Gasteiger partial charge in [-0.25, -0.2) is 4.68 Å². The van der Waals surface area contributed by atoms with Crippen molar-refractivity contribution in [2.75, 3.05) is 20.1 Å². The summed E-state index contributed by atoms with van der Waals surface area (Å²) >= 11 is 5.63. The Hall–Kier alpha value is -1.21. The Balaban J connectivity index is 2.00.